The van der Waals surface area contributed by atoms with Gasteiger partial charge in [0.2, 0.25) is 5.91 Å². The molecular formula is C16H16N2O2. The quantitative estimate of drug-likeness (QED) is 0.783. The first-order valence-electron chi connectivity index (χ1n) is 6.72. The SMILES string of the molecule is O=C(/C=C/c1ccc2ncccc2c1)N1CCOCC1. The molecule has 4 nitrogen and oxygen atoms in total. The molecule has 0 saturated carbocycles. The van der Waals surface area contributed by atoms with E-state index in [1.807, 2.05) is 41.3 Å². The Bertz CT molecular complexity index is 646. The van der Waals surface area contributed by atoms with Crippen molar-refractivity contribution in [3.8, 4) is 0 Å². The monoisotopic (exact) mass is 268 g/mol. The molecule has 1 fully saturated rings. The first-order chi connectivity index (χ1) is 9.83. The van der Waals surface area contributed by atoms with Gasteiger partial charge in [0.05, 0.1) is 18.7 Å². The van der Waals surface area contributed by atoms with E-state index in [4.69, 9.17) is 4.74 Å². The lowest BCUT2D eigenvalue weighted by atomic mass is 10.1. The lowest BCUT2D eigenvalue weighted by molar-refractivity contribution is -0.129. The van der Waals surface area contributed by atoms with E-state index < -0.39 is 0 Å². The van der Waals surface area contributed by atoms with Gasteiger partial charge in [-0.05, 0) is 29.8 Å². The highest BCUT2D eigenvalue weighted by molar-refractivity contribution is 5.92. The summed E-state index contributed by atoms with van der Waals surface area (Å²) in [5.41, 5.74) is 1.97. The molecule has 0 bridgehead atoms. The molecule has 1 amide bonds. The van der Waals surface area contributed by atoms with Crippen molar-refractivity contribution in [3.63, 3.8) is 0 Å². The van der Waals surface area contributed by atoms with E-state index in [-0.39, 0.29) is 5.91 Å². The predicted molar refractivity (Wildman–Crippen MR) is 78.2 cm³/mol. The van der Waals surface area contributed by atoms with E-state index in [1.54, 1.807) is 12.3 Å². The molecule has 4 heteroatoms. The molecule has 0 unspecified atom stereocenters. The molecule has 102 valence electrons. The summed E-state index contributed by atoms with van der Waals surface area (Å²) in [5, 5.41) is 1.08. The molecule has 1 saturated heterocycles. The number of fused-ring (bicyclic) bond motifs is 1. The van der Waals surface area contributed by atoms with Crippen LogP contribution in [-0.2, 0) is 9.53 Å². The summed E-state index contributed by atoms with van der Waals surface area (Å²) in [7, 11) is 0. The van der Waals surface area contributed by atoms with Gasteiger partial charge in [0.25, 0.3) is 0 Å². The van der Waals surface area contributed by atoms with Crippen LogP contribution < -0.4 is 0 Å². The number of pyridine rings is 1. The molecule has 1 aromatic carbocycles. The number of ether oxygens (including phenoxy) is 1. The highest BCUT2D eigenvalue weighted by atomic mass is 16.5. The Morgan fingerprint density at radius 1 is 1.25 bits per heavy atom. The van der Waals surface area contributed by atoms with Gasteiger partial charge in [-0.15, -0.1) is 0 Å². The number of rotatable bonds is 2. The zero-order chi connectivity index (χ0) is 13.8. The van der Waals surface area contributed by atoms with Crippen LogP contribution in [0.1, 0.15) is 5.56 Å². The number of benzene rings is 1. The van der Waals surface area contributed by atoms with Crippen molar-refractivity contribution in [3.05, 3.63) is 48.2 Å². The van der Waals surface area contributed by atoms with Crippen LogP contribution in [0, 0.1) is 0 Å². The molecule has 1 aromatic heterocycles. The molecule has 0 N–H and O–H groups in total. The lowest BCUT2D eigenvalue weighted by Gasteiger charge is -2.25. The fourth-order valence-electron chi connectivity index (χ4n) is 2.25. The fraction of sp³-hybridized carbons (Fsp3) is 0.250. The number of morpholine rings is 1. The number of carbonyl (C=O) groups excluding carboxylic acids is 1. The van der Waals surface area contributed by atoms with Crippen molar-refractivity contribution in [2.24, 2.45) is 0 Å². The number of nitrogens with zero attached hydrogens (tertiary/aromatic N) is 2. The number of amides is 1. The van der Waals surface area contributed by atoms with Crippen LogP contribution in [0.4, 0.5) is 0 Å². The van der Waals surface area contributed by atoms with Crippen molar-refractivity contribution in [2.75, 3.05) is 26.3 Å². The fourth-order valence-corrected chi connectivity index (χ4v) is 2.25. The molecule has 0 radical (unpaired) electrons. The van der Waals surface area contributed by atoms with E-state index in [1.165, 1.54) is 0 Å². The normalized spacial score (nSPS) is 15.9. The van der Waals surface area contributed by atoms with Gasteiger partial charge in [0.1, 0.15) is 0 Å². The average Bonchev–Trinajstić information content (AvgIpc) is 2.53. The molecule has 0 atom stereocenters. The van der Waals surface area contributed by atoms with Crippen molar-refractivity contribution >= 4 is 22.9 Å². The van der Waals surface area contributed by atoms with E-state index >= 15 is 0 Å². The minimum Gasteiger partial charge on any atom is -0.378 e. The highest BCUT2D eigenvalue weighted by Gasteiger charge is 2.13. The largest absolute Gasteiger partial charge is 0.378 e. The third-order valence-electron chi connectivity index (χ3n) is 3.37. The Hall–Kier alpha value is -2.20. The molecule has 0 aliphatic carbocycles. The molecule has 0 spiro atoms. The summed E-state index contributed by atoms with van der Waals surface area (Å²) in [4.78, 5) is 18.1. The maximum atomic E-state index is 12.0. The van der Waals surface area contributed by atoms with E-state index in [9.17, 15) is 4.79 Å². The second kappa shape index (κ2) is 5.84. The maximum absolute atomic E-state index is 12.0. The third-order valence-corrected chi connectivity index (χ3v) is 3.37. The summed E-state index contributed by atoms with van der Waals surface area (Å²) in [6, 6.07) is 9.90. The Labute approximate surface area is 117 Å². The van der Waals surface area contributed by atoms with Crippen LogP contribution in [-0.4, -0.2) is 42.1 Å². The smallest absolute Gasteiger partial charge is 0.246 e. The first-order valence-corrected chi connectivity index (χ1v) is 6.72. The summed E-state index contributed by atoms with van der Waals surface area (Å²) < 4.78 is 5.24. The molecule has 2 heterocycles. The number of hydrogen-bond acceptors (Lipinski definition) is 3. The van der Waals surface area contributed by atoms with E-state index in [0.29, 0.717) is 26.3 Å². The van der Waals surface area contributed by atoms with Gasteiger partial charge in [0, 0.05) is 30.7 Å². The number of aromatic nitrogens is 1. The van der Waals surface area contributed by atoms with Crippen LogP contribution in [0.15, 0.2) is 42.6 Å². The van der Waals surface area contributed by atoms with Crippen LogP contribution in [0.3, 0.4) is 0 Å². The van der Waals surface area contributed by atoms with Gasteiger partial charge >= 0.3 is 0 Å². The van der Waals surface area contributed by atoms with E-state index in [0.717, 1.165) is 16.5 Å². The van der Waals surface area contributed by atoms with Gasteiger partial charge in [-0.3, -0.25) is 9.78 Å². The molecule has 1 aliphatic heterocycles. The molecule has 1 aliphatic rings. The zero-order valence-corrected chi connectivity index (χ0v) is 11.2. The van der Waals surface area contributed by atoms with Gasteiger partial charge in [-0.25, -0.2) is 0 Å². The first kappa shape index (κ1) is 12.8. The van der Waals surface area contributed by atoms with Crippen molar-refractivity contribution in [1.82, 2.24) is 9.88 Å². The third kappa shape index (κ3) is 2.86. The van der Waals surface area contributed by atoms with Gasteiger partial charge in [0.15, 0.2) is 0 Å². The van der Waals surface area contributed by atoms with E-state index in [2.05, 4.69) is 4.98 Å². The van der Waals surface area contributed by atoms with Crippen molar-refractivity contribution < 1.29 is 9.53 Å². The zero-order valence-electron chi connectivity index (χ0n) is 11.2. The minimum atomic E-state index is 0.0413. The van der Waals surface area contributed by atoms with Crippen LogP contribution in [0.5, 0.6) is 0 Å². The van der Waals surface area contributed by atoms with Gasteiger partial charge in [-0.2, -0.15) is 0 Å². The Balaban J connectivity index is 1.74. The molecule has 2 aromatic rings. The Kier molecular flexibility index (Phi) is 3.74. The van der Waals surface area contributed by atoms with Crippen molar-refractivity contribution in [2.45, 2.75) is 0 Å². The predicted octanol–water partition coefficient (Wildman–Crippen LogP) is 2.11. The van der Waals surface area contributed by atoms with Gasteiger partial charge < -0.3 is 9.64 Å². The van der Waals surface area contributed by atoms with Crippen LogP contribution in [0.2, 0.25) is 0 Å². The minimum absolute atomic E-state index is 0.0413. The Morgan fingerprint density at radius 2 is 2.10 bits per heavy atom. The topological polar surface area (TPSA) is 42.4 Å². The number of hydrogen-bond donors (Lipinski definition) is 0. The summed E-state index contributed by atoms with van der Waals surface area (Å²) in [6.07, 6.45) is 5.26. The standard InChI is InChI=1S/C16H16N2O2/c19-16(18-8-10-20-11-9-18)6-4-13-3-5-15-14(12-13)2-1-7-17-15/h1-7,12H,8-11H2/b6-4+. The van der Waals surface area contributed by atoms with Crippen LogP contribution >= 0.6 is 0 Å². The van der Waals surface area contributed by atoms with Gasteiger partial charge in [-0.1, -0.05) is 12.1 Å². The molecule has 20 heavy (non-hydrogen) atoms. The maximum Gasteiger partial charge on any atom is 0.246 e. The second-order valence-electron chi connectivity index (χ2n) is 4.73. The lowest BCUT2D eigenvalue weighted by Crippen LogP contribution is -2.39. The van der Waals surface area contributed by atoms with Crippen LogP contribution in [0.25, 0.3) is 17.0 Å². The second-order valence-corrected chi connectivity index (χ2v) is 4.73. The van der Waals surface area contributed by atoms with Crippen molar-refractivity contribution in [1.29, 1.82) is 0 Å². The highest BCUT2D eigenvalue weighted by Crippen LogP contribution is 2.14. The Morgan fingerprint density at radius 3 is 2.95 bits per heavy atom. The summed E-state index contributed by atoms with van der Waals surface area (Å²) in [5.74, 6) is 0.0413. The molecular weight excluding hydrogens is 252 g/mol. The molecule has 3 rings (SSSR count). The number of carbonyl (C=O) groups is 1. The summed E-state index contributed by atoms with van der Waals surface area (Å²) in [6.45, 7) is 2.60. The average molecular weight is 268 g/mol. The summed E-state index contributed by atoms with van der Waals surface area (Å²) >= 11 is 0.